The summed E-state index contributed by atoms with van der Waals surface area (Å²) in [6, 6.07) is 8.28. The topological polar surface area (TPSA) is 88.3 Å². The van der Waals surface area contributed by atoms with Crippen molar-refractivity contribution in [3.63, 3.8) is 0 Å². The molecule has 2 amide bonds. The molecule has 0 saturated carbocycles. The number of rotatable bonds is 7. The SMILES string of the molecule is CCC(C)(C)NC(=O)[C@H](c1ccc(C)o1)N(C(=O)c1csnn1)c1c(C)cccc1C. The van der Waals surface area contributed by atoms with Crippen LogP contribution < -0.4 is 10.2 Å². The fourth-order valence-electron chi connectivity index (χ4n) is 3.38. The van der Waals surface area contributed by atoms with Gasteiger partial charge in [0, 0.05) is 10.9 Å². The largest absolute Gasteiger partial charge is 0.464 e. The summed E-state index contributed by atoms with van der Waals surface area (Å²) in [4.78, 5) is 28.8. The molecule has 31 heavy (non-hydrogen) atoms. The fourth-order valence-corrected chi connectivity index (χ4v) is 3.81. The summed E-state index contributed by atoms with van der Waals surface area (Å²) in [5.74, 6) is 0.322. The Balaban J connectivity index is 2.22. The lowest BCUT2D eigenvalue weighted by Crippen LogP contribution is -2.50. The number of amides is 2. The molecule has 0 saturated heterocycles. The van der Waals surface area contributed by atoms with Crippen LogP contribution in [0.15, 0.2) is 40.1 Å². The first-order chi connectivity index (χ1) is 14.6. The van der Waals surface area contributed by atoms with Gasteiger partial charge < -0.3 is 9.73 Å². The first-order valence-corrected chi connectivity index (χ1v) is 11.0. The van der Waals surface area contributed by atoms with Crippen molar-refractivity contribution in [2.75, 3.05) is 4.90 Å². The molecule has 0 aliphatic rings. The van der Waals surface area contributed by atoms with E-state index >= 15 is 0 Å². The van der Waals surface area contributed by atoms with Gasteiger partial charge in [-0.25, -0.2) is 0 Å². The summed E-state index contributed by atoms with van der Waals surface area (Å²) in [7, 11) is 0. The predicted octanol–water partition coefficient (Wildman–Crippen LogP) is 4.75. The van der Waals surface area contributed by atoms with Gasteiger partial charge in [0.15, 0.2) is 11.7 Å². The Morgan fingerprint density at radius 1 is 1.16 bits per heavy atom. The summed E-state index contributed by atoms with van der Waals surface area (Å²) >= 11 is 1.09. The van der Waals surface area contributed by atoms with Crippen molar-refractivity contribution < 1.29 is 14.0 Å². The Labute approximate surface area is 186 Å². The maximum Gasteiger partial charge on any atom is 0.280 e. The van der Waals surface area contributed by atoms with E-state index in [1.54, 1.807) is 17.5 Å². The van der Waals surface area contributed by atoms with Gasteiger partial charge in [-0.05, 0) is 75.8 Å². The molecule has 1 atom stereocenters. The Kier molecular flexibility index (Phi) is 6.59. The van der Waals surface area contributed by atoms with Crippen molar-refractivity contribution in [1.29, 1.82) is 0 Å². The van der Waals surface area contributed by atoms with Gasteiger partial charge in [-0.1, -0.05) is 29.6 Å². The molecule has 1 aromatic carbocycles. The Hall–Kier alpha value is -3.00. The molecule has 7 nitrogen and oxygen atoms in total. The molecule has 0 spiro atoms. The van der Waals surface area contributed by atoms with Crippen molar-refractivity contribution >= 4 is 29.0 Å². The van der Waals surface area contributed by atoms with Crippen LogP contribution in [-0.4, -0.2) is 26.9 Å². The van der Waals surface area contributed by atoms with E-state index in [2.05, 4.69) is 14.9 Å². The second-order valence-corrected chi connectivity index (χ2v) is 8.89. The molecule has 0 unspecified atom stereocenters. The summed E-state index contributed by atoms with van der Waals surface area (Å²) in [5.41, 5.74) is 2.13. The van der Waals surface area contributed by atoms with Crippen molar-refractivity contribution in [1.82, 2.24) is 14.9 Å². The molecule has 0 aliphatic carbocycles. The third kappa shape index (κ3) is 4.85. The van der Waals surface area contributed by atoms with Crippen molar-refractivity contribution in [2.45, 2.75) is 59.5 Å². The van der Waals surface area contributed by atoms with Crippen LogP contribution in [0.2, 0.25) is 0 Å². The van der Waals surface area contributed by atoms with E-state index in [0.717, 1.165) is 29.1 Å². The zero-order chi connectivity index (χ0) is 22.8. The van der Waals surface area contributed by atoms with E-state index in [9.17, 15) is 9.59 Å². The van der Waals surface area contributed by atoms with Crippen LogP contribution in [0.4, 0.5) is 5.69 Å². The third-order valence-electron chi connectivity index (χ3n) is 5.36. The lowest BCUT2D eigenvalue weighted by atomic mass is 9.99. The summed E-state index contributed by atoms with van der Waals surface area (Å²) < 4.78 is 9.71. The molecule has 2 aromatic heterocycles. The van der Waals surface area contributed by atoms with E-state index in [-0.39, 0.29) is 11.6 Å². The number of benzene rings is 1. The molecule has 0 radical (unpaired) electrons. The quantitative estimate of drug-likeness (QED) is 0.573. The maximum atomic E-state index is 13.7. The first kappa shape index (κ1) is 22.7. The smallest absolute Gasteiger partial charge is 0.280 e. The van der Waals surface area contributed by atoms with Crippen LogP contribution in [-0.2, 0) is 4.79 Å². The minimum atomic E-state index is -1.01. The second-order valence-electron chi connectivity index (χ2n) is 8.28. The molecule has 3 aromatic rings. The molecule has 164 valence electrons. The predicted molar refractivity (Wildman–Crippen MR) is 121 cm³/mol. The number of nitrogens with zero attached hydrogens (tertiary/aromatic N) is 3. The van der Waals surface area contributed by atoms with E-state index in [0.29, 0.717) is 17.2 Å². The number of hydrogen-bond acceptors (Lipinski definition) is 6. The number of aromatic nitrogens is 2. The summed E-state index contributed by atoms with van der Waals surface area (Å²) in [5, 5.41) is 8.63. The van der Waals surface area contributed by atoms with Gasteiger partial charge in [-0.2, -0.15) is 0 Å². The minimum absolute atomic E-state index is 0.184. The first-order valence-electron chi connectivity index (χ1n) is 10.2. The van der Waals surface area contributed by atoms with Gasteiger partial charge in [0.05, 0.1) is 5.69 Å². The highest BCUT2D eigenvalue weighted by molar-refractivity contribution is 7.03. The molecule has 0 bridgehead atoms. The maximum absolute atomic E-state index is 13.7. The summed E-state index contributed by atoms with van der Waals surface area (Å²) in [6.07, 6.45) is 0.732. The van der Waals surface area contributed by atoms with Crippen LogP contribution in [0, 0.1) is 20.8 Å². The number of carbonyl (C=O) groups excluding carboxylic acids is 2. The highest BCUT2D eigenvalue weighted by Crippen LogP contribution is 2.35. The van der Waals surface area contributed by atoms with Crippen LogP contribution >= 0.6 is 11.5 Å². The second kappa shape index (κ2) is 9.01. The van der Waals surface area contributed by atoms with Gasteiger partial charge in [-0.3, -0.25) is 14.5 Å². The average Bonchev–Trinajstić information content (AvgIpc) is 3.38. The van der Waals surface area contributed by atoms with Crippen LogP contribution in [0.1, 0.15) is 66.4 Å². The number of aryl methyl sites for hydroxylation is 3. The number of nitrogens with one attached hydrogen (secondary N) is 1. The van der Waals surface area contributed by atoms with Crippen molar-refractivity contribution in [3.8, 4) is 0 Å². The zero-order valence-electron chi connectivity index (χ0n) is 18.7. The van der Waals surface area contributed by atoms with E-state index < -0.39 is 17.5 Å². The monoisotopic (exact) mass is 440 g/mol. The number of hydrogen-bond donors (Lipinski definition) is 1. The Morgan fingerprint density at radius 3 is 2.35 bits per heavy atom. The third-order valence-corrected chi connectivity index (χ3v) is 5.87. The zero-order valence-corrected chi connectivity index (χ0v) is 19.5. The van der Waals surface area contributed by atoms with Crippen LogP contribution in [0.3, 0.4) is 0 Å². The normalized spacial score (nSPS) is 12.5. The molecular weight excluding hydrogens is 412 g/mol. The van der Waals surface area contributed by atoms with Gasteiger partial charge in [0.25, 0.3) is 11.8 Å². The molecule has 8 heteroatoms. The number of para-hydroxylation sites is 1. The Bertz CT molecular complexity index is 1050. The summed E-state index contributed by atoms with van der Waals surface area (Å²) in [6.45, 7) is 11.5. The number of carbonyl (C=O) groups is 2. The molecule has 0 aliphatic heterocycles. The van der Waals surface area contributed by atoms with Gasteiger partial charge in [-0.15, -0.1) is 5.10 Å². The highest BCUT2D eigenvalue weighted by Gasteiger charge is 2.39. The van der Waals surface area contributed by atoms with Crippen LogP contribution in [0.5, 0.6) is 0 Å². The standard InChI is InChI=1S/C23H28N4O3S/c1-7-23(5,6)24-21(28)20(18-12-11-16(4)30-18)27(22(29)17-13-31-26-25-17)19-14(2)9-8-10-15(19)3/h8-13,20H,7H2,1-6H3,(H,24,28)/t20-/m0/s1. The van der Waals surface area contributed by atoms with Gasteiger partial charge in [0.1, 0.15) is 11.5 Å². The fraction of sp³-hybridized carbons (Fsp3) is 0.391. The highest BCUT2D eigenvalue weighted by atomic mass is 32.1. The minimum Gasteiger partial charge on any atom is -0.464 e. The van der Waals surface area contributed by atoms with Gasteiger partial charge >= 0.3 is 0 Å². The van der Waals surface area contributed by atoms with Crippen molar-refractivity contribution in [2.24, 2.45) is 0 Å². The average molecular weight is 441 g/mol. The van der Waals surface area contributed by atoms with Gasteiger partial charge in [0.2, 0.25) is 0 Å². The lowest BCUT2D eigenvalue weighted by molar-refractivity contribution is -0.124. The van der Waals surface area contributed by atoms with Crippen molar-refractivity contribution in [3.05, 3.63) is 64.1 Å². The molecule has 2 heterocycles. The molecule has 3 rings (SSSR count). The molecule has 0 fully saturated rings. The lowest BCUT2D eigenvalue weighted by Gasteiger charge is -2.34. The van der Waals surface area contributed by atoms with E-state index in [4.69, 9.17) is 4.42 Å². The number of furan rings is 1. The molecule has 1 N–H and O–H groups in total. The van der Waals surface area contributed by atoms with E-state index in [1.165, 1.54) is 4.90 Å². The van der Waals surface area contributed by atoms with E-state index in [1.807, 2.05) is 59.7 Å². The molecular formula is C23H28N4O3S. The Morgan fingerprint density at radius 2 is 1.84 bits per heavy atom. The number of anilines is 1. The van der Waals surface area contributed by atoms with Crippen LogP contribution in [0.25, 0.3) is 0 Å².